The Morgan fingerprint density at radius 2 is 2.12 bits per heavy atom. The molecule has 2 aromatic heterocycles. The molecule has 0 bridgehead atoms. The van der Waals surface area contributed by atoms with E-state index in [1.165, 1.54) is 0 Å². The molecule has 1 aromatic carbocycles. The maximum absolute atomic E-state index is 5.56. The number of benzene rings is 1. The second-order valence-electron chi connectivity index (χ2n) is 5.01. The van der Waals surface area contributed by atoms with Gasteiger partial charge in [-0.2, -0.15) is 0 Å². The maximum atomic E-state index is 5.56. The van der Waals surface area contributed by atoms with E-state index in [9.17, 15) is 0 Å². The topological polar surface area (TPSA) is 75.0 Å². The average molecular weight is 377 g/mol. The summed E-state index contributed by atoms with van der Waals surface area (Å²) in [4.78, 5) is 4.71. The molecule has 0 fully saturated rings. The Bertz CT molecular complexity index is 834. The van der Waals surface area contributed by atoms with E-state index in [-0.39, 0.29) is 0 Å². The number of thiazole rings is 1. The lowest BCUT2D eigenvalue weighted by atomic mass is 10.2. The number of thioether (sulfide) groups is 1. The molecule has 0 radical (unpaired) electrons. The molecule has 9 heteroatoms. The van der Waals surface area contributed by atoms with Gasteiger partial charge in [-0.15, -0.1) is 16.4 Å². The van der Waals surface area contributed by atoms with Gasteiger partial charge in [0.25, 0.3) is 0 Å². The Kier molecular flexibility index (Phi) is 5.87. The van der Waals surface area contributed by atoms with Crippen molar-refractivity contribution in [3.63, 3.8) is 0 Å². The Morgan fingerprint density at radius 1 is 1.24 bits per heavy atom. The summed E-state index contributed by atoms with van der Waals surface area (Å²) in [7, 11) is 1.64. The number of rotatable bonds is 8. The van der Waals surface area contributed by atoms with Crippen LogP contribution in [0, 0.1) is 0 Å². The van der Waals surface area contributed by atoms with Gasteiger partial charge >= 0.3 is 0 Å². The van der Waals surface area contributed by atoms with Crippen molar-refractivity contribution in [2.24, 2.45) is 0 Å². The van der Waals surface area contributed by atoms with Crippen LogP contribution in [0.3, 0.4) is 0 Å². The van der Waals surface area contributed by atoms with Crippen LogP contribution in [0.25, 0.3) is 10.6 Å². The number of hydrogen-bond acceptors (Lipinski definition) is 8. The lowest BCUT2D eigenvalue weighted by molar-refractivity contribution is 0.311. The van der Waals surface area contributed by atoms with Crippen LogP contribution in [-0.2, 0) is 12.3 Å². The lowest BCUT2D eigenvalue weighted by Gasteiger charge is -2.09. The zero-order chi connectivity index (χ0) is 17.6. The Morgan fingerprint density at radius 3 is 2.88 bits per heavy atom. The zero-order valence-corrected chi connectivity index (χ0v) is 15.9. The molecule has 0 saturated carbocycles. The van der Waals surface area contributed by atoms with Crippen molar-refractivity contribution in [1.29, 1.82) is 0 Å². The number of tetrazole rings is 1. The predicted octanol–water partition coefficient (Wildman–Crippen LogP) is 3.52. The summed E-state index contributed by atoms with van der Waals surface area (Å²) in [6.45, 7) is 5.32. The van der Waals surface area contributed by atoms with E-state index in [0.717, 1.165) is 39.5 Å². The number of ether oxygens (including phenoxy) is 2. The predicted molar refractivity (Wildman–Crippen MR) is 98.3 cm³/mol. The van der Waals surface area contributed by atoms with Gasteiger partial charge in [-0.3, -0.25) is 0 Å². The molecule has 0 atom stereocenters. The Balaban J connectivity index is 1.72. The number of aryl methyl sites for hydroxylation is 1. The molecule has 0 N–H and O–H groups in total. The van der Waals surface area contributed by atoms with Crippen LogP contribution in [0.5, 0.6) is 11.5 Å². The Labute approximate surface area is 154 Å². The fraction of sp³-hybridized carbons (Fsp3) is 0.375. The molecule has 0 saturated heterocycles. The van der Waals surface area contributed by atoms with Crippen molar-refractivity contribution >= 4 is 23.1 Å². The molecule has 3 aromatic rings. The van der Waals surface area contributed by atoms with E-state index < -0.39 is 0 Å². The fourth-order valence-corrected chi connectivity index (χ4v) is 3.97. The van der Waals surface area contributed by atoms with Gasteiger partial charge in [0.05, 0.1) is 19.4 Å². The first-order valence-corrected chi connectivity index (χ1v) is 9.76. The summed E-state index contributed by atoms with van der Waals surface area (Å²) in [6, 6.07) is 5.88. The highest BCUT2D eigenvalue weighted by atomic mass is 32.2. The maximum Gasteiger partial charge on any atom is 0.209 e. The molecule has 0 amide bonds. The highest BCUT2D eigenvalue weighted by Crippen LogP contribution is 2.34. The van der Waals surface area contributed by atoms with Crippen molar-refractivity contribution in [2.45, 2.75) is 31.3 Å². The largest absolute Gasteiger partial charge is 0.493 e. The zero-order valence-electron chi connectivity index (χ0n) is 14.3. The van der Waals surface area contributed by atoms with E-state index in [4.69, 9.17) is 14.5 Å². The van der Waals surface area contributed by atoms with Crippen molar-refractivity contribution in [1.82, 2.24) is 25.2 Å². The van der Waals surface area contributed by atoms with Crippen LogP contribution >= 0.6 is 23.1 Å². The molecule has 2 heterocycles. The SMILES string of the molecule is CCOc1ccc(-c2nc(CSc3nnnn3CC)cs2)cc1OC. The van der Waals surface area contributed by atoms with Crippen molar-refractivity contribution in [2.75, 3.05) is 13.7 Å². The van der Waals surface area contributed by atoms with E-state index in [2.05, 4.69) is 20.9 Å². The van der Waals surface area contributed by atoms with Crippen molar-refractivity contribution in [3.8, 4) is 22.1 Å². The lowest BCUT2D eigenvalue weighted by Crippen LogP contribution is -1.98. The molecular weight excluding hydrogens is 358 g/mol. The van der Waals surface area contributed by atoms with Gasteiger partial charge in [0, 0.05) is 23.2 Å². The van der Waals surface area contributed by atoms with Crippen molar-refractivity contribution in [3.05, 3.63) is 29.3 Å². The fourth-order valence-electron chi connectivity index (χ4n) is 2.22. The van der Waals surface area contributed by atoms with Crippen LogP contribution < -0.4 is 9.47 Å². The molecular formula is C16H19N5O2S2. The first-order valence-electron chi connectivity index (χ1n) is 7.89. The van der Waals surface area contributed by atoms with E-state index in [1.54, 1.807) is 34.9 Å². The normalized spacial score (nSPS) is 10.8. The molecule has 0 aliphatic carbocycles. The van der Waals surface area contributed by atoms with Gasteiger partial charge in [0.15, 0.2) is 11.5 Å². The molecule has 132 valence electrons. The minimum absolute atomic E-state index is 0.603. The van der Waals surface area contributed by atoms with Gasteiger partial charge in [-0.25, -0.2) is 9.67 Å². The van der Waals surface area contributed by atoms with E-state index in [1.807, 2.05) is 32.0 Å². The van der Waals surface area contributed by atoms with Gasteiger partial charge < -0.3 is 9.47 Å². The van der Waals surface area contributed by atoms with Crippen LogP contribution in [0.15, 0.2) is 28.7 Å². The molecule has 25 heavy (non-hydrogen) atoms. The van der Waals surface area contributed by atoms with Crippen LogP contribution in [0.1, 0.15) is 19.5 Å². The first kappa shape index (κ1) is 17.7. The van der Waals surface area contributed by atoms with Gasteiger partial charge in [-0.1, -0.05) is 11.8 Å². The highest BCUT2D eigenvalue weighted by molar-refractivity contribution is 7.98. The second-order valence-corrected chi connectivity index (χ2v) is 6.81. The molecule has 7 nitrogen and oxygen atoms in total. The average Bonchev–Trinajstić information content (AvgIpc) is 3.29. The van der Waals surface area contributed by atoms with E-state index >= 15 is 0 Å². The van der Waals surface area contributed by atoms with Gasteiger partial charge in [0.2, 0.25) is 5.16 Å². The van der Waals surface area contributed by atoms with Crippen molar-refractivity contribution < 1.29 is 9.47 Å². The third-order valence-electron chi connectivity index (χ3n) is 3.41. The highest BCUT2D eigenvalue weighted by Gasteiger charge is 2.11. The van der Waals surface area contributed by atoms with Crippen LogP contribution in [0.4, 0.5) is 0 Å². The first-order chi connectivity index (χ1) is 12.2. The van der Waals surface area contributed by atoms with Crippen LogP contribution in [-0.4, -0.2) is 38.9 Å². The number of methoxy groups -OCH3 is 1. The number of nitrogens with zero attached hydrogens (tertiary/aromatic N) is 5. The quantitative estimate of drug-likeness (QED) is 0.556. The second kappa shape index (κ2) is 8.30. The summed E-state index contributed by atoms with van der Waals surface area (Å²) in [5.74, 6) is 2.19. The molecule has 3 rings (SSSR count). The van der Waals surface area contributed by atoms with Crippen LogP contribution in [0.2, 0.25) is 0 Å². The van der Waals surface area contributed by atoms with Gasteiger partial charge in [-0.05, 0) is 42.5 Å². The molecule has 0 unspecified atom stereocenters. The third kappa shape index (κ3) is 4.10. The summed E-state index contributed by atoms with van der Waals surface area (Å²) < 4.78 is 12.7. The van der Waals surface area contributed by atoms with E-state index in [0.29, 0.717) is 12.4 Å². The third-order valence-corrected chi connectivity index (χ3v) is 5.34. The minimum Gasteiger partial charge on any atom is -0.493 e. The Hall–Kier alpha value is -2.13. The smallest absolute Gasteiger partial charge is 0.209 e. The number of aromatic nitrogens is 5. The minimum atomic E-state index is 0.603. The summed E-state index contributed by atoms with van der Waals surface area (Å²) in [5, 5.41) is 15.5. The monoisotopic (exact) mass is 377 g/mol. The standard InChI is InChI=1S/C16H19N5O2S2/c1-4-21-16(18-19-20-21)25-10-12-9-24-15(17-12)11-6-7-13(23-5-2)14(8-11)22-3/h6-9H,4-5,10H2,1-3H3. The summed E-state index contributed by atoms with van der Waals surface area (Å²) >= 11 is 3.19. The molecule has 0 aliphatic rings. The number of hydrogen-bond donors (Lipinski definition) is 0. The molecule has 0 spiro atoms. The molecule has 0 aliphatic heterocycles. The van der Waals surface area contributed by atoms with Gasteiger partial charge in [0.1, 0.15) is 5.01 Å². The summed E-state index contributed by atoms with van der Waals surface area (Å²) in [5.41, 5.74) is 2.02. The summed E-state index contributed by atoms with van der Waals surface area (Å²) in [6.07, 6.45) is 0.